The van der Waals surface area contributed by atoms with Gasteiger partial charge in [-0.25, -0.2) is 9.59 Å². The van der Waals surface area contributed by atoms with Gasteiger partial charge in [0.1, 0.15) is 5.75 Å². The second-order valence-corrected chi connectivity index (χ2v) is 7.47. The third-order valence-electron chi connectivity index (χ3n) is 5.15. The van der Waals surface area contributed by atoms with Crippen molar-refractivity contribution >= 4 is 17.9 Å². The lowest BCUT2D eigenvalue weighted by Gasteiger charge is -2.23. The van der Waals surface area contributed by atoms with Crippen molar-refractivity contribution in [2.75, 3.05) is 0 Å². The molecule has 3 amide bonds. The van der Waals surface area contributed by atoms with E-state index in [1.807, 2.05) is 0 Å². The van der Waals surface area contributed by atoms with E-state index in [2.05, 4.69) is 10.6 Å². The molecule has 158 valence electrons. The number of phenolic OH excluding ortho intramolecular Hbond substituents is 1. The molecule has 1 aliphatic rings. The van der Waals surface area contributed by atoms with E-state index in [1.165, 1.54) is 13.3 Å². The van der Waals surface area contributed by atoms with E-state index in [-0.39, 0.29) is 11.8 Å². The molecule has 0 heterocycles. The highest BCUT2D eigenvalue weighted by Crippen LogP contribution is 2.22. The minimum absolute atomic E-state index is 0.0801. The van der Waals surface area contributed by atoms with Crippen molar-refractivity contribution in [3.8, 4) is 16.9 Å². The van der Waals surface area contributed by atoms with Crippen molar-refractivity contribution in [3.63, 3.8) is 0 Å². The summed E-state index contributed by atoms with van der Waals surface area (Å²) in [6.07, 6.45) is 4.02. The third kappa shape index (κ3) is 5.83. The van der Waals surface area contributed by atoms with Gasteiger partial charge in [-0.15, -0.1) is 0 Å². The van der Waals surface area contributed by atoms with E-state index in [0.717, 1.165) is 36.8 Å². The fraction of sp³-hybridized carbons (Fsp3) is 0.348. The molecule has 3 rings (SSSR count). The quantitative estimate of drug-likeness (QED) is 0.651. The van der Waals surface area contributed by atoms with Gasteiger partial charge in [-0.3, -0.25) is 10.1 Å². The number of urea groups is 1. The van der Waals surface area contributed by atoms with Gasteiger partial charge in [-0.05, 0) is 55.2 Å². The van der Waals surface area contributed by atoms with Crippen LogP contribution in [-0.4, -0.2) is 35.2 Å². The number of amides is 3. The molecule has 30 heavy (non-hydrogen) atoms. The van der Waals surface area contributed by atoms with Crippen molar-refractivity contribution in [2.45, 2.75) is 51.2 Å². The molecule has 2 aromatic rings. The molecule has 2 aromatic carbocycles. The molecule has 0 radical (unpaired) electrons. The second-order valence-electron chi connectivity index (χ2n) is 7.47. The van der Waals surface area contributed by atoms with Gasteiger partial charge in [-0.2, -0.15) is 0 Å². The summed E-state index contributed by atoms with van der Waals surface area (Å²) < 4.78 is 5.19. The maximum absolute atomic E-state index is 12.3. The third-order valence-corrected chi connectivity index (χ3v) is 5.15. The van der Waals surface area contributed by atoms with E-state index >= 15 is 0 Å². The molecule has 7 nitrogen and oxygen atoms in total. The van der Waals surface area contributed by atoms with E-state index in [1.54, 1.807) is 48.5 Å². The molecular weight excluding hydrogens is 384 g/mol. The lowest BCUT2D eigenvalue weighted by molar-refractivity contribution is -0.127. The number of benzene rings is 2. The largest absolute Gasteiger partial charge is 0.508 e. The Morgan fingerprint density at radius 3 is 2.10 bits per heavy atom. The Balaban J connectivity index is 1.51. The van der Waals surface area contributed by atoms with Crippen LogP contribution in [0.5, 0.6) is 5.75 Å². The van der Waals surface area contributed by atoms with E-state index in [9.17, 15) is 19.5 Å². The first-order valence-corrected chi connectivity index (χ1v) is 10.1. The zero-order chi connectivity index (χ0) is 21.5. The molecule has 1 saturated carbocycles. The zero-order valence-corrected chi connectivity index (χ0v) is 16.9. The van der Waals surface area contributed by atoms with Crippen LogP contribution in [0.25, 0.3) is 11.1 Å². The summed E-state index contributed by atoms with van der Waals surface area (Å²) in [6.45, 7) is 1.42. The highest BCUT2D eigenvalue weighted by molar-refractivity contribution is 5.98. The standard InChI is InChI=1S/C23H26N2O5/c1-15(21(27)25-23(29)24-19-5-3-2-4-6-19)30-22(28)18-9-7-16(8-10-18)17-11-13-20(26)14-12-17/h7-15,19,26H,2-6H2,1H3,(H2,24,25,27,29)/t15-/m1/s1. The van der Waals surface area contributed by atoms with Crippen molar-refractivity contribution in [3.05, 3.63) is 54.1 Å². The summed E-state index contributed by atoms with van der Waals surface area (Å²) in [5.74, 6) is -1.14. The average molecular weight is 410 g/mol. The Bertz CT molecular complexity index is 887. The van der Waals surface area contributed by atoms with Crippen LogP contribution in [0.2, 0.25) is 0 Å². The topological polar surface area (TPSA) is 105 Å². The molecule has 1 aliphatic carbocycles. The van der Waals surface area contributed by atoms with E-state index < -0.39 is 24.0 Å². The van der Waals surface area contributed by atoms with E-state index in [0.29, 0.717) is 5.56 Å². The number of ether oxygens (including phenoxy) is 1. The smallest absolute Gasteiger partial charge is 0.338 e. The highest BCUT2D eigenvalue weighted by atomic mass is 16.5. The van der Waals surface area contributed by atoms with Crippen LogP contribution in [-0.2, 0) is 9.53 Å². The number of rotatable bonds is 5. The number of aromatic hydroxyl groups is 1. The number of carbonyl (C=O) groups excluding carboxylic acids is 3. The summed E-state index contributed by atoms with van der Waals surface area (Å²) in [5.41, 5.74) is 2.06. The second kappa shape index (κ2) is 9.91. The maximum atomic E-state index is 12.3. The molecule has 0 spiro atoms. The number of carbonyl (C=O) groups is 3. The molecule has 7 heteroatoms. The van der Waals surface area contributed by atoms with Crippen molar-refractivity contribution in [1.82, 2.24) is 10.6 Å². The normalized spacial score (nSPS) is 15.1. The summed E-state index contributed by atoms with van der Waals surface area (Å²) >= 11 is 0. The molecule has 0 aromatic heterocycles. The van der Waals surface area contributed by atoms with Gasteiger partial charge in [0.05, 0.1) is 5.56 Å². The van der Waals surface area contributed by atoms with Gasteiger partial charge in [0, 0.05) is 6.04 Å². The van der Waals surface area contributed by atoms with Gasteiger partial charge in [0.15, 0.2) is 6.10 Å². The Kier molecular flexibility index (Phi) is 7.06. The fourth-order valence-electron chi connectivity index (χ4n) is 3.42. The van der Waals surface area contributed by atoms with Crippen LogP contribution >= 0.6 is 0 Å². The lowest BCUT2D eigenvalue weighted by atomic mass is 9.96. The lowest BCUT2D eigenvalue weighted by Crippen LogP contribution is -2.48. The summed E-state index contributed by atoms with van der Waals surface area (Å²) in [6, 6.07) is 12.9. The fourth-order valence-corrected chi connectivity index (χ4v) is 3.42. The maximum Gasteiger partial charge on any atom is 0.338 e. The van der Waals surface area contributed by atoms with Crippen LogP contribution in [0.15, 0.2) is 48.5 Å². The van der Waals surface area contributed by atoms with Gasteiger partial charge in [0.25, 0.3) is 5.91 Å². The number of esters is 1. The summed E-state index contributed by atoms with van der Waals surface area (Å²) in [5, 5.41) is 14.4. The molecule has 3 N–H and O–H groups in total. The van der Waals surface area contributed by atoms with Crippen molar-refractivity contribution in [2.24, 2.45) is 0 Å². The number of imide groups is 1. The van der Waals surface area contributed by atoms with Gasteiger partial charge in [-0.1, -0.05) is 43.5 Å². The zero-order valence-electron chi connectivity index (χ0n) is 16.9. The Labute approximate surface area is 175 Å². The Morgan fingerprint density at radius 1 is 0.933 bits per heavy atom. The molecule has 1 atom stereocenters. The number of hydrogen-bond acceptors (Lipinski definition) is 5. The Hall–Kier alpha value is -3.35. The minimum atomic E-state index is -1.11. The average Bonchev–Trinajstić information content (AvgIpc) is 2.75. The van der Waals surface area contributed by atoms with E-state index in [4.69, 9.17) is 4.74 Å². The van der Waals surface area contributed by atoms with Crippen LogP contribution in [0.3, 0.4) is 0 Å². The molecule has 0 bridgehead atoms. The molecule has 0 saturated heterocycles. The van der Waals surface area contributed by atoms with Crippen LogP contribution in [0.4, 0.5) is 4.79 Å². The minimum Gasteiger partial charge on any atom is -0.508 e. The summed E-state index contributed by atoms with van der Waals surface area (Å²) in [4.78, 5) is 36.5. The molecular formula is C23H26N2O5. The number of hydrogen-bond donors (Lipinski definition) is 3. The first-order valence-electron chi connectivity index (χ1n) is 10.1. The number of phenols is 1. The predicted molar refractivity (Wildman–Crippen MR) is 112 cm³/mol. The molecule has 1 fully saturated rings. The van der Waals surface area contributed by atoms with Gasteiger partial charge >= 0.3 is 12.0 Å². The van der Waals surface area contributed by atoms with Crippen LogP contribution in [0.1, 0.15) is 49.4 Å². The first kappa shape index (κ1) is 21.4. The Morgan fingerprint density at radius 2 is 1.50 bits per heavy atom. The number of nitrogens with one attached hydrogen (secondary N) is 2. The van der Waals surface area contributed by atoms with Crippen molar-refractivity contribution in [1.29, 1.82) is 0 Å². The monoisotopic (exact) mass is 410 g/mol. The summed E-state index contributed by atoms with van der Waals surface area (Å²) in [7, 11) is 0. The predicted octanol–water partition coefficient (Wildman–Crippen LogP) is 3.76. The molecule has 0 aliphatic heterocycles. The SMILES string of the molecule is C[C@@H](OC(=O)c1ccc(-c2ccc(O)cc2)cc1)C(=O)NC(=O)NC1CCCCC1. The van der Waals surface area contributed by atoms with Crippen molar-refractivity contribution < 1.29 is 24.2 Å². The van der Waals surface area contributed by atoms with Gasteiger partial charge in [0.2, 0.25) is 0 Å². The van der Waals surface area contributed by atoms with Gasteiger partial charge < -0.3 is 15.2 Å². The highest BCUT2D eigenvalue weighted by Gasteiger charge is 2.22. The molecule has 0 unspecified atom stereocenters. The van der Waals surface area contributed by atoms with Crippen LogP contribution < -0.4 is 10.6 Å². The first-order chi connectivity index (χ1) is 14.4. The van der Waals surface area contributed by atoms with Crippen LogP contribution in [0, 0.1) is 0 Å².